The summed E-state index contributed by atoms with van der Waals surface area (Å²) in [6.07, 6.45) is 0.187. The lowest BCUT2D eigenvalue weighted by atomic mass is 10.1. The lowest BCUT2D eigenvalue weighted by Crippen LogP contribution is -2.24. The molecule has 3 aromatic rings. The predicted molar refractivity (Wildman–Crippen MR) is 116 cm³/mol. The number of rotatable bonds is 7. The fourth-order valence-corrected chi connectivity index (χ4v) is 4.27. The molecule has 0 bridgehead atoms. The van der Waals surface area contributed by atoms with E-state index in [2.05, 4.69) is 0 Å². The Morgan fingerprint density at radius 1 is 1.00 bits per heavy atom. The highest BCUT2D eigenvalue weighted by molar-refractivity contribution is 7.89. The van der Waals surface area contributed by atoms with E-state index in [0.29, 0.717) is 16.8 Å². The first-order valence-electron chi connectivity index (χ1n) is 9.21. The van der Waals surface area contributed by atoms with Crippen molar-refractivity contribution >= 4 is 21.5 Å². The first kappa shape index (κ1) is 20.8. The van der Waals surface area contributed by atoms with Crippen LogP contribution in [0.25, 0.3) is 0 Å². The van der Waals surface area contributed by atoms with Crippen LogP contribution in [0, 0.1) is 0 Å². The topological polar surface area (TPSA) is 85.4 Å². The van der Waals surface area contributed by atoms with E-state index in [1.165, 1.54) is 0 Å². The third-order valence-corrected chi connectivity index (χ3v) is 6.30. The van der Waals surface area contributed by atoms with Crippen molar-refractivity contribution in [3.05, 3.63) is 89.2 Å². The quantitative estimate of drug-likeness (QED) is 0.606. The minimum atomic E-state index is -3.81. The molecule has 0 aliphatic carbocycles. The predicted octanol–water partition coefficient (Wildman–Crippen LogP) is 2.89. The summed E-state index contributed by atoms with van der Waals surface area (Å²) in [7, 11) is 1.83. The van der Waals surface area contributed by atoms with Gasteiger partial charge in [-0.1, -0.05) is 30.3 Å². The number of anilines is 1. The van der Waals surface area contributed by atoms with Crippen molar-refractivity contribution in [2.75, 3.05) is 19.0 Å². The van der Waals surface area contributed by atoms with Crippen molar-refractivity contribution in [1.29, 1.82) is 0 Å². The van der Waals surface area contributed by atoms with Crippen molar-refractivity contribution in [3.63, 3.8) is 0 Å². The molecule has 2 aromatic carbocycles. The summed E-state index contributed by atoms with van der Waals surface area (Å²) in [6.45, 7) is 0. The first-order valence-corrected chi connectivity index (χ1v) is 10.8. The zero-order valence-electron chi connectivity index (χ0n) is 16.7. The van der Waals surface area contributed by atoms with Crippen molar-refractivity contribution < 1.29 is 13.2 Å². The monoisotopic (exact) mass is 411 g/mol. The smallest absolute Gasteiger partial charge is 0.216 e. The Bertz CT molecular complexity index is 1100. The second kappa shape index (κ2) is 8.23. The number of nitrogens with zero attached hydrogens (tertiary/aromatic N) is 2. The Hall–Kier alpha value is -2.90. The van der Waals surface area contributed by atoms with Crippen molar-refractivity contribution in [2.24, 2.45) is 12.2 Å². The van der Waals surface area contributed by atoms with Crippen LogP contribution in [0.15, 0.2) is 66.7 Å². The fraction of sp³-hybridized carbons (Fsp3) is 0.227. The van der Waals surface area contributed by atoms with Crippen LogP contribution < -0.4 is 10.0 Å². The van der Waals surface area contributed by atoms with Gasteiger partial charge in [0, 0.05) is 44.5 Å². The number of aromatic nitrogens is 1. The maximum Gasteiger partial charge on any atom is 0.216 e. The molecular formula is C22H25N3O3S. The van der Waals surface area contributed by atoms with E-state index < -0.39 is 15.3 Å². The molecule has 0 spiro atoms. The summed E-state index contributed by atoms with van der Waals surface area (Å²) >= 11 is 0. The zero-order chi connectivity index (χ0) is 21.2. The molecule has 6 nitrogen and oxygen atoms in total. The van der Waals surface area contributed by atoms with Crippen LogP contribution in [-0.4, -0.2) is 32.9 Å². The summed E-state index contributed by atoms with van der Waals surface area (Å²) in [5, 5.41) is 4.62. The number of primary sulfonamides is 1. The van der Waals surface area contributed by atoms with Gasteiger partial charge in [0.1, 0.15) is 5.25 Å². The highest BCUT2D eigenvalue weighted by atomic mass is 32.2. The van der Waals surface area contributed by atoms with Gasteiger partial charge in [-0.15, -0.1) is 0 Å². The summed E-state index contributed by atoms with van der Waals surface area (Å²) < 4.78 is 26.1. The van der Waals surface area contributed by atoms with E-state index in [1.54, 1.807) is 60.1 Å². The molecular weight excluding hydrogens is 386 g/mol. The van der Waals surface area contributed by atoms with Crippen LogP contribution in [0.3, 0.4) is 0 Å². The molecule has 3 rings (SSSR count). The Balaban J connectivity index is 1.89. The van der Waals surface area contributed by atoms with Gasteiger partial charge in [-0.3, -0.25) is 4.79 Å². The molecule has 7 heteroatoms. The summed E-state index contributed by atoms with van der Waals surface area (Å²) in [5.74, 6) is -0.115. The third kappa shape index (κ3) is 4.58. The highest BCUT2D eigenvalue weighted by Gasteiger charge is 2.26. The highest BCUT2D eigenvalue weighted by Crippen LogP contribution is 2.26. The molecule has 1 unspecified atom stereocenters. The molecule has 0 aliphatic heterocycles. The second-order valence-electron chi connectivity index (χ2n) is 7.23. The molecule has 2 N–H and O–H groups in total. The number of hydrogen-bond acceptors (Lipinski definition) is 4. The third-order valence-electron chi connectivity index (χ3n) is 5.07. The average molecular weight is 412 g/mol. The van der Waals surface area contributed by atoms with Gasteiger partial charge in [0.05, 0.1) is 5.69 Å². The molecule has 152 valence electrons. The number of benzene rings is 2. The lowest BCUT2D eigenvalue weighted by Gasteiger charge is -2.16. The van der Waals surface area contributed by atoms with E-state index >= 15 is 0 Å². The van der Waals surface area contributed by atoms with Gasteiger partial charge in [-0.05, 0) is 42.0 Å². The van der Waals surface area contributed by atoms with Crippen molar-refractivity contribution in [1.82, 2.24) is 4.57 Å². The molecule has 0 amide bonds. The molecule has 0 aliphatic rings. The normalized spacial score (nSPS) is 12.6. The Kier molecular flexibility index (Phi) is 5.91. The summed E-state index contributed by atoms with van der Waals surface area (Å²) in [5.41, 5.74) is 3.44. The van der Waals surface area contributed by atoms with Gasteiger partial charge >= 0.3 is 0 Å². The van der Waals surface area contributed by atoms with Crippen LogP contribution in [0.2, 0.25) is 0 Å². The molecule has 0 fully saturated rings. The number of carbonyl (C=O) groups excluding carboxylic acids is 1. The molecule has 0 radical (unpaired) electrons. The van der Waals surface area contributed by atoms with Crippen LogP contribution in [0.5, 0.6) is 0 Å². The molecule has 1 heterocycles. The van der Waals surface area contributed by atoms with Crippen molar-refractivity contribution in [3.8, 4) is 0 Å². The van der Waals surface area contributed by atoms with Crippen LogP contribution >= 0.6 is 0 Å². The number of sulfonamides is 1. The van der Waals surface area contributed by atoms with Crippen LogP contribution in [0.4, 0.5) is 5.69 Å². The summed E-state index contributed by atoms with van der Waals surface area (Å²) in [6, 6.07) is 19.8. The van der Waals surface area contributed by atoms with Crippen LogP contribution in [-0.2, 0) is 23.5 Å². The van der Waals surface area contributed by atoms with Gasteiger partial charge in [0.25, 0.3) is 0 Å². The number of hydrogen-bond donors (Lipinski definition) is 1. The second-order valence-corrected chi connectivity index (χ2v) is 8.98. The van der Waals surface area contributed by atoms with E-state index in [-0.39, 0.29) is 12.2 Å². The largest absolute Gasteiger partial charge is 0.378 e. The van der Waals surface area contributed by atoms with E-state index in [0.717, 1.165) is 11.4 Å². The van der Waals surface area contributed by atoms with E-state index in [1.807, 2.05) is 37.2 Å². The maximum atomic E-state index is 12.9. The standard InChI is InChI=1S/C22H25N3O3S/c1-24(2)18-11-9-17(10-12-18)22(26)20-14-13-19(25(20)3)15-21(29(23,27)28)16-7-5-4-6-8-16/h4-14,21H,15H2,1-3H3,(H2,23,27,28). The fourth-order valence-electron chi connectivity index (χ4n) is 3.33. The first-order chi connectivity index (χ1) is 13.7. The van der Waals surface area contributed by atoms with Gasteiger partial charge < -0.3 is 9.47 Å². The lowest BCUT2D eigenvalue weighted by molar-refractivity contribution is 0.103. The number of nitrogens with two attached hydrogens (primary N) is 1. The van der Waals surface area contributed by atoms with Gasteiger partial charge in [0.15, 0.2) is 0 Å². The molecule has 0 saturated carbocycles. The molecule has 29 heavy (non-hydrogen) atoms. The van der Waals surface area contributed by atoms with Gasteiger partial charge in [0.2, 0.25) is 15.8 Å². The average Bonchev–Trinajstić information content (AvgIpc) is 3.05. The minimum Gasteiger partial charge on any atom is -0.378 e. The van der Waals surface area contributed by atoms with E-state index in [4.69, 9.17) is 5.14 Å². The Morgan fingerprint density at radius 2 is 1.62 bits per heavy atom. The van der Waals surface area contributed by atoms with Gasteiger partial charge in [-0.2, -0.15) is 0 Å². The molecule has 1 aromatic heterocycles. The Labute approximate surface area is 171 Å². The minimum absolute atomic E-state index is 0.115. The van der Waals surface area contributed by atoms with E-state index in [9.17, 15) is 13.2 Å². The SMILES string of the molecule is CN(C)c1ccc(C(=O)c2ccc(CC(c3ccccc3)S(N)(=O)=O)n2C)cc1. The summed E-state index contributed by atoms with van der Waals surface area (Å²) in [4.78, 5) is 14.9. The van der Waals surface area contributed by atoms with Crippen molar-refractivity contribution in [2.45, 2.75) is 11.7 Å². The number of carbonyl (C=O) groups is 1. The van der Waals surface area contributed by atoms with Gasteiger partial charge in [-0.25, -0.2) is 13.6 Å². The van der Waals surface area contributed by atoms with Crippen LogP contribution in [0.1, 0.15) is 32.6 Å². The maximum absolute atomic E-state index is 12.9. The Morgan fingerprint density at radius 3 is 2.17 bits per heavy atom. The zero-order valence-corrected chi connectivity index (χ0v) is 17.6. The molecule has 0 saturated heterocycles. The number of ketones is 1. The molecule has 1 atom stereocenters.